The zero-order valence-electron chi connectivity index (χ0n) is 11.7. The molecule has 0 aliphatic heterocycles. The standard InChI is InChI=1S/C14H21N3O3/c1-17-9-10(8-16-17)5-6-15-13(18)11-3-2-4-12(7-11)14(19)20/h8-9,11-12H,2-7H2,1H3,(H,15,18)(H,19,20). The Bertz CT molecular complexity index is 484. The first kappa shape index (κ1) is 14.6. The monoisotopic (exact) mass is 279 g/mol. The smallest absolute Gasteiger partial charge is 0.306 e. The van der Waals surface area contributed by atoms with Crippen molar-refractivity contribution in [3.63, 3.8) is 0 Å². The van der Waals surface area contributed by atoms with Crippen molar-refractivity contribution in [3.05, 3.63) is 18.0 Å². The zero-order valence-corrected chi connectivity index (χ0v) is 11.7. The van der Waals surface area contributed by atoms with Gasteiger partial charge in [0.1, 0.15) is 0 Å². The van der Waals surface area contributed by atoms with Gasteiger partial charge in [-0.2, -0.15) is 5.10 Å². The molecule has 2 atom stereocenters. The Hall–Kier alpha value is -1.85. The molecule has 20 heavy (non-hydrogen) atoms. The molecule has 0 bridgehead atoms. The fourth-order valence-electron chi connectivity index (χ4n) is 2.73. The number of rotatable bonds is 5. The molecule has 0 saturated heterocycles. The summed E-state index contributed by atoms with van der Waals surface area (Å²) in [4.78, 5) is 23.0. The molecule has 1 heterocycles. The van der Waals surface area contributed by atoms with Gasteiger partial charge in [0.25, 0.3) is 0 Å². The topological polar surface area (TPSA) is 84.2 Å². The van der Waals surface area contributed by atoms with Gasteiger partial charge in [0.05, 0.1) is 12.1 Å². The van der Waals surface area contributed by atoms with Crippen LogP contribution in [0.1, 0.15) is 31.2 Å². The van der Waals surface area contributed by atoms with Crippen LogP contribution in [0.5, 0.6) is 0 Å². The van der Waals surface area contributed by atoms with Crippen molar-refractivity contribution in [1.29, 1.82) is 0 Å². The van der Waals surface area contributed by atoms with Crippen molar-refractivity contribution >= 4 is 11.9 Å². The lowest BCUT2D eigenvalue weighted by Crippen LogP contribution is -2.36. The predicted molar refractivity (Wildman–Crippen MR) is 73.0 cm³/mol. The molecule has 110 valence electrons. The van der Waals surface area contributed by atoms with Gasteiger partial charge in [0, 0.05) is 25.7 Å². The van der Waals surface area contributed by atoms with Gasteiger partial charge < -0.3 is 10.4 Å². The molecule has 1 aromatic rings. The third kappa shape index (κ3) is 3.82. The summed E-state index contributed by atoms with van der Waals surface area (Å²) in [5, 5.41) is 16.0. The highest BCUT2D eigenvalue weighted by molar-refractivity contribution is 5.80. The Kier molecular flexibility index (Phi) is 4.76. The highest BCUT2D eigenvalue weighted by Gasteiger charge is 2.30. The second-order valence-electron chi connectivity index (χ2n) is 5.46. The number of nitrogens with zero attached hydrogens (tertiary/aromatic N) is 2. The molecule has 1 aliphatic carbocycles. The van der Waals surface area contributed by atoms with Crippen LogP contribution < -0.4 is 5.32 Å². The fraction of sp³-hybridized carbons (Fsp3) is 0.643. The maximum absolute atomic E-state index is 12.0. The fourth-order valence-corrected chi connectivity index (χ4v) is 2.73. The predicted octanol–water partition coefficient (Wildman–Crippen LogP) is 0.970. The van der Waals surface area contributed by atoms with Crippen molar-refractivity contribution in [1.82, 2.24) is 15.1 Å². The van der Waals surface area contributed by atoms with E-state index in [1.54, 1.807) is 10.9 Å². The highest BCUT2D eigenvalue weighted by atomic mass is 16.4. The largest absolute Gasteiger partial charge is 0.481 e. The number of aliphatic carboxylic acids is 1. The van der Waals surface area contributed by atoms with E-state index < -0.39 is 5.97 Å². The molecule has 1 aliphatic rings. The van der Waals surface area contributed by atoms with Crippen LogP contribution in [0, 0.1) is 11.8 Å². The summed E-state index contributed by atoms with van der Waals surface area (Å²) in [5.74, 6) is -1.31. The van der Waals surface area contributed by atoms with E-state index in [2.05, 4.69) is 10.4 Å². The van der Waals surface area contributed by atoms with Crippen molar-refractivity contribution < 1.29 is 14.7 Å². The van der Waals surface area contributed by atoms with Crippen LogP contribution in [-0.2, 0) is 23.1 Å². The van der Waals surface area contributed by atoms with E-state index in [4.69, 9.17) is 5.11 Å². The lowest BCUT2D eigenvalue weighted by Gasteiger charge is -2.25. The lowest BCUT2D eigenvalue weighted by molar-refractivity contribution is -0.144. The lowest BCUT2D eigenvalue weighted by atomic mass is 9.81. The number of aromatic nitrogens is 2. The van der Waals surface area contributed by atoms with Crippen LogP contribution in [0.4, 0.5) is 0 Å². The Morgan fingerprint density at radius 2 is 2.20 bits per heavy atom. The molecule has 0 spiro atoms. The number of carbonyl (C=O) groups excluding carboxylic acids is 1. The molecular weight excluding hydrogens is 258 g/mol. The molecule has 0 radical (unpaired) electrons. The van der Waals surface area contributed by atoms with Crippen LogP contribution in [0.25, 0.3) is 0 Å². The van der Waals surface area contributed by atoms with Crippen LogP contribution in [0.15, 0.2) is 12.4 Å². The number of hydrogen-bond acceptors (Lipinski definition) is 3. The molecule has 2 rings (SSSR count). The summed E-state index contributed by atoms with van der Waals surface area (Å²) in [6.07, 6.45) is 7.22. The van der Waals surface area contributed by atoms with Crippen LogP contribution in [0.3, 0.4) is 0 Å². The molecule has 6 heteroatoms. The second-order valence-corrected chi connectivity index (χ2v) is 5.46. The summed E-state index contributed by atoms with van der Waals surface area (Å²) in [6, 6.07) is 0. The molecule has 1 amide bonds. The van der Waals surface area contributed by atoms with Gasteiger partial charge in [-0.05, 0) is 31.2 Å². The van der Waals surface area contributed by atoms with Crippen molar-refractivity contribution in [2.75, 3.05) is 6.54 Å². The van der Waals surface area contributed by atoms with Gasteiger partial charge in [0.15, 0.2) is 0 Å². The van der Waals surface area contributed by atoms with E-state index in [9.17, 15) is 9.59 Å². The quantitative estimate of drug-likeness (QED) is 0.841. The summed E-state index contributed by atoms with van der Waals surface area (Å²) in [6.45, 7) is 0.568. The Labute approximate surface area is 118 Å². The van der Waals surface area contributed by atoms with Crippen molar-refractivity contribution in [3.8, 4) is 0 Å². The third-order valence-corrected chi connectivity index (χ3v) is 3.87. The van der Waals surface area contributed by atoms with E-state index in [0.717, 1.165) is 24.8 Å². The maximum atomic E-state index is 12.0. The van der Waals surface area contributed by atoms with E-state index in [-0.39, 0.29) is 17.7 Å². The van der Waals surface area contributed by atoms with E-state index in [0.29, 0.717) is 19.4 Å². The van der Waals surface area contributed by atoms with E-state index >= 15 is 0 Å². The summed E-state index contributed by atoms with van der Waals surface area (Å²) >= 11 is 0. The number of nitrogens with one attached hydrogen (secondary N) is 1. The molecule has 6 nitrogen and oxygen atoms in total. The zero-order chi connectivity index (χ0) is 14.5. The normalized spacial score (nSPS) is 22.4. The molecular formula is C14H21N3O3. The molecule has 1 aromatic heterocycles. The Morgan fingerprint density at radius 3 is 2.85 bits per heavy atom. The Balaban J connectivity index is 1.75. The Morgan fingerprint density at radius 1 is 1.45 bits per heavy atom. The second kappa shape index (κ2) is 6.54. The first-order chi connectivity index (χ1) is 9.56. The SMILES string of the molecule is Cn1cc(CCNC(=O)C2CCCC(C(=O)O)C2)cn1. The third-order valence-electron chi connectivity index (χ3n) is 3.87. The summed E-state index contributed by atoms with van der Waals surface area (Å²) in [7, 11) is 1.86. The van der Waals surface area contributed by atoms with Crippen LogP contribution >= 0.6 is 0 Å². The minimum Gasteiger partial charge on any atom is -0.481 e. The molecule has 1 fully saturated rings. The minimum atomic E-state index is -0.780. The number of carbonyl (C=O) groups is 2. The summed E-state index contributed by atoms with van der Waals surface area (Å²) < 4.78 is 1.73. The summed E-state index contributed by atoms with van der Waals surface area (Å²) in [5.41, 5.74) is 1.08. The van der Waals surface area contributed by atoms with Crippen LogP contribution in [-0.4, -0.2) is 33.3 Å². The number of carboxylic acids is 1. The van der Waals surface area contributed by atoms with E-state index in [1.807, 2.05) is 13.2 Å². The van der Waals surface area contributed by atoms with Gasteiger partial charge in [-0.3, -0.25) is 14.3 Å². The van der Waals surface area contributed by atoms with Crippen molar-refractivity contribution in [2.45, 2.75) is 32.1 Å². The highest BCUT2D eigenvalue weighted by Crippen LogP contribution is 2.29. The van der Waals surface area contributed by atoms with Gasteiger partial charge in [0.2, 0.25) is 5.91 Å². The van der Waals surface area contributed by atoms with Gasteiger partial charge in [-0.25, -0.2) is 0 Å². The average Bonchev–Trinajstić information content (AvgIpc) is 2.84. The first-order valence-electron chi connectivity index (χ1n) is 7.04. The number of amides is 1. The van der Waals surface area contributed by atoms with E-state index in [1.165, 1.54) is 0 Å². The van der Waals surface area contributed by atoms with Crippen LogP contribution in [0.2, 0.25) is 0 Å². The van der Waals surface area contributed by atoms with Gasteiger partial charge >= 0.3 is 5.97 Å². The minimum absolute atomic E-state index is 0.0140. The number of hydrogen-bond donors (Lipinski definition) is 2. The first-order valence-corrected chi connectivity index (χ1v) is 7.04. The molecule has 2 N–H and O–H groups in total. The van der Waals surface area contributed by atoms with Gasteiger partial charge in [-0.15, -0.1) is 0 Å². The maximum Gasteiger partial charge on any atom is 0.306 e. The molecule has 2 unspecified atom stereocenters. The number of carboxylic acid groups (broad SMARTS) is 1. The van der Waals surface area contributed by atoms with Gasteiger partial charge in [-0.1, -0.05) is 6.42 Å². The molecule has 1 saturated carbocycles. The molecule has 0 aromatic carbocycles. The van der Waals surface area contributed by atoms with Crippen molar-refractivity contribution in [2.24, 2.45) is 18.9 Å². The average molecular weight is 279 g/mol. The number of aryl methyl sites for hydroxylation is 1.